The minimum atomic E-state index is -0.0519. The molecular formula is C25H24N4O2. The van der Waals surface area contributed by atoms with Crippen molar-refractivity contribution < 1.29 is 9.32 Å². The molecule has 0 aliphatic rings. The average molecular weight is 412 g/mol. The molecule has 0 saturated heterocycles. The second kappa shape index (κ2) is 10.3. The molecule has 1 amide bonds. The molecule has 2 heterocycles. The molecule has 0 radical (unpaired) electrons. The zero-order valence-corrected chi connectivity index (χ0v) is 17.1. The number of carbonyl (C=O) groups excluding carboxylic acids is 1. The van der Waals surface area contributed by atoms with Crippen molar-refractivity contribution in [1.82, 2.24) is 20.4 Å². The molecule has 156 valence electrons. The molecular weight excluding hydrogens is 388 g/mol. The number of nitrogens with one attached hydrogen (secondary N) is 1. The number of carbonyl (C=O) groups is 1. The predicted molar refractivity (Wildman–Crippen MR) is 118 cm³/mol. The van der Waals surface area contributed by atoms with Crippen molar-refractivity contribution in [2.45, 2.75) is 31.7 Å². The molecule has 4 rings (SSSR count). The maximum atomic E-state index is 12.7. The number of nitrogens with zero attached hydrogens (tertiary/aromatic N) is 3. The van der Waals surface area contributed by atoms with Crippen LogP contribution in [0.25, 0.3) is 11.4 Å². The van der Waals surface area contributed by atoms with E-state index in [1.54, 1.807) is 12.4 Å². The summed E-state index contributed by atoms with van der Waals surface area (Å²) in [5, 5.41) is 7.17. The molecule has 1 unspecified atom stereocenters. The number of aryl methyl sites for hydroxylation is 2. The zero-order valence-electron chi connectivity index (χ0n) is 17.1. The monoisotopic (exact) mass is 412 g/mol. The molecule has 6 heteroatoms. The first-order valence-electron chi connectivity index (χ1n) is 10.4. The van der Waals surface area contributed by atoms with Crippen LogP contribution in [0.1, 0.15) is 35.9 Å². The molecule has 6 nitrogen and oxygen atoms in total. The molecule has 0 aliphatic carbocycles. The number of rotatable bonds is 9. The molecule has 1 N–H and O–H groups in total. The number of pyridine rings is 1. The van der Waals surface area contributed by atoms with Crippen molar-refractivity contribution in [3.63, 3.8) is 0 Å². The van der Waals surface area contributed by atoms with E-state index in [0.717, 1.165) is 24.0 Å². The smallest absolute Gasteiger partial charge is 0.227 e. The van der Waals surface area contributed by atoms with Crippen LogP contribution >= 0.6 is 0 Å². The largest absolute Gasteiger partial charge is 0.349 e. The molecule has 0 saturated carbocycles. The third-order valence-corrected chi connectivity index (χ3v) is 5.07. The van der Waals surface area contributed by atoms with Gasteiger partial charge in [0.25, 0.3) is 0 Å². The number of amides is 1. The van der Waals surface area contributed by atoms with Gasteiger partial charge < -0.3 is 9.84 Å². The molecule has 2 aromatic carbocycles. The normalized spacial score (nSPS) is 11.7. The van der Waals surface area contributed by atoms with Crippen LogP contribution < -0.4 is 5.32 Å². The van der Waals surface area contributed by atoms with E-state index in [0.29, 0.717) is 18.1 Å². The van der Waals surface area contributed by atoms with Gasteiger partial charge in [-0.2, -0.15) is 4.98 Å². The van der Waals surface area contributed by atoms with Gasteiger partial charge >= 0.3 is 0 Å². The van der Waals surface area contributed by atoms with E-state index in [9.17, 15) is 4.79 Å². The molecule has 0 fully saturated rings. The number of benzene rings is 2. The summed E-state index contributed by atoms with van der Waals surface area (Å²) in [6.45, 7) is 0. The summed E-state index contributed by atoms with van der Waals surface area (Å²) in [7, 11) is 0. The van der Waals surface area contributed by atoms with E-state index in [-0.39, 0.29) is 18.4 Å². The molecule has 2 aromatic heterocycles. The van der Waals surface area contributed by atoms with Crippen LogP contribution in [0.15, 0.2) is 89.7 Å². The second-order valence-corrected chi connectivity index (χ2v) is 7.30. The van der Waals surface area contributed by atoms with Crippen LogP contribution in [-0.2, 0) is 17.6 Å². The number of aromatic nitrogens is 3. The minimum absolute atomic E-state index is 0.0365. The van der Waals surface area contributed by atoms with Crippen LogP contribution in [-0.4, -0.2) is 21.0 Å². The van der Waals surface area contributed by atoms with Gasteiger partial charge in [0.15, 0.2) is 0 Å². The predicted octanol–water partition coefficient (Wildman–Crippen LogP) is 4.55. The lowest BCUT2D eigenvalue weighted by Crippen LogP contribution is -2.29. The highest BCUT2D eigenvalue weighted by Crippen LogP contribution is 2.20. The molecule has 1 atom stereocenters. The van der Waals surface area contributed by atoms with Gasteiger partial charge in [0.05, 0.1) is 6.04 Å². The van der Waals surface area contributed by atoms with Crippen molar-refractivity contribution in [1.29, 1.82) is 0 Å². The standard InChI is InChI=1S/C25H24N4O2/c30-23(13-14-24-28-25(29-31-24)21-15-17-26-18-16-21)27-22(20-9-5-2-6-10-20)12-11-19-7-3-1-4-8-19/h1-10,15-18,22H,11-14H2,(H,27,30). The second-order valence-electron chi connectivity index (χ2n) is 7.30. The zero-order chi connectivity index (χ0) is 21.3. The van der Waals surface area contributed by atoms with Gasteiger partial charge in [-0.05, 0) is 36.1 Å². The Labute approximate surface area is 181 Å². The number of hydrogen-bond acceptors (Lipinski definition) is 5. The van der Waals surface area contributed by atoms with Gasteiger partial charge in [-0.25, -0.2) is 0 Å². The Hall–Kier alpha value is -3.80. The third kappa shape index (κ3) is 5.85. The molecule has 4 aromatic rings. The van der Waals surface area contributed by atoms with Crippen molar-refractivity contribution in [2.24, 2.45) is 0 Å². The fourth-order valence-corrected chi connectivity index (χ4v) is 3.42. The topological polar surface area (TPSA) is 80.9 Å². The van der Waals surface area contributed by atoms with Crippen molar-refractivity contribution in [2.75, 3.05) is 0 Å². The SMILES string of the molecule is O=C(CCc1nc(-c2ccncc2)no1)NC(CCc1ccccc1)c1ccccc1. The van der Waals surface area contributed by atoms with Crippen molar-refractivity contribution in [3.8, 4) is 11.4 Å². The van der Waals surface area contributed by atoms with Gasteiger partial charge in [-0.15, -0.1) is 0 Å². The maximum absolute atomic E-state index is 12.7. The fraction of sp³-hybridized carbons (Fsp3) is 0.200. The Morgan fingerprint density at radius 3 is 2.35 bits per heavy atom. The average Bonchev–Trinajstić information content (AvgIpc) is 3.31. The summed E-state index contributed by atoms with van der Waals surface area (Å²) in [5.41, 5.74) is 3.19. The van der Waals surface area contributed by atoms with E-state index in [1.165, 1.54) is 5.56 Å². The Bertz CT molecular complexity index is 1080. The highest BCUT2D eigenvalue weighted by Gasteiger charge is 2.16. The summed E-state index contributed by atoms with van der Waals surface area (Å²) in [5.74, 6) is 0.913. The summed E-state index contributed by atoms with van der Waals surface area (Å²) < 4.78 is 5.30. The Morgan fingerprint density at radius 2 is 1.61 bits per heavy atom. The van der Waals surface area contributed by atoms with Crippen LogP contribution in [0.2, 0.25) is 0 Å². The summed E-state index contributed by atoms with van der Waals surface area (Å²) in [6, 6.07) is 24.0. The summed E-state index contributed by atoms with van der Waals surface area (Å²) >= 11 is 0. The van der Waals surface area contributed by atoms with Crippen LogP contribution in [0.3, 0.4) is 0 Å². The fourth-order valence-electron chi connectivity index (χ4n) is 3.42. The summed E-state index contributed by atoms with van der Waals surface area (Å²) in [6.07, 6.45) is 5.75. The van der Waals surface area contributed by atoms with Crippen molar-refractivity contribution >= 4 is 5.91 Å². The van der Waals surface area contributed by atoms with Crippen LogP contribution in [0.4, 0.5) is 0 Å². The van der Waals surface area contributed by atoms with Gasteiger partial charge in [0.1, 0.15) is 0 Å². The first-order chi connectivity index (χ1) is 15.3. The Kier molecular flexibility index (Phi) is 6.80. The lowest BCUT2D eigenvalue weighted by molar-refractivity contribution is -0.122. The highest BCUT2D eigenvalue weighted by atomic mass is 16.5. The summed E-state index contributed by atoms with van der Waals surface area (Å²) in [4.78, 5) is 21.0. The Balaban J connectivity index is 1.35. The van der Waals surface area contributed by atoms with E-state index in [1.807, 2.05) is 48.5 Å². The highest BCUT2D eigenvalue weighted by molar-refractivity contribution is 5.76. The van der Waals surface area contributed by atoms with E-state index >= 15 is 0 Å². The number of hydrogen-bond donors (Lipinski definition) is 1. The van der Waals surface area contributed by atoms with Gasteiger partial charge in [-0.1, -0.05) is 65.8 Å². The molecule has 31 heavy (non-hydrogen) atoms. The molecule has 0 aliphatic heterocycles. The first-order valence-corrected chi connectivity index (χ1v) is 10.4. The lowest BCUT2D eigenvalue weighted by Gasteiger charge is -2.19. The van der Waals surface area contributed by atoms with E-state index < -0.39 is 0 Å². The quantitative estimate of drug-likeness (QED) is 0.436. The maximum Gasteiger partial charge on any atom is 0.227 e. The lowest BCUT2D eigenvalue weighted by atomic mass is 9.98. The van der Waals surface area contributed by atoms with Crippen LogP contribution in [0, 0.1) is 0 Å². The van der Waals surface area contributed by atoms with Crippen molar-refractivity contribution in [3.05, 3.63) is 102 Å². The van der Waals surface area contributed by atoms with E-state index in [2.05, 4.69) is 44.7 Å². The van der Waals surface area contributed by atoms with Crippen LogP contribution in [0.5, 0.6) is 0 Å². The Morgan fingerprint density at radius 1 is 0.903 bits per heavy atom. The molecule has 0 spiro atoms. The molecule has 0 bridgehead atoms. The van der Waals surface area contributed by atoms with Gasteiger partial charge in [0, 0.05) is 30.8 Å². The first kappa shape index (κ1) is 20.5. The minimum Gasteiger partial charge on any atom is -0.349 e. The third-order valence-electron chi connectivity index (χ3n) is 5.07. The van der Waals surface area contributed by atoms with E-state index in [4.69, 9.17) is 4.52 Å². The van der Waals surface area contributed by atoms with Gasteiger partial charge in [-0.3, -0.25) is 9.78 Å². The van der Waals surface area contributed by atoms with Gasteiger partial charge in [0.2, 0.25) is 17.6 Å².